The van der Waals surface area contributed by atoms with Crippen LogP contribution in [0.4, 0.5) is 4.39 Å². The van der Waals surface area contributed by atoms with Crippen molar-refractivity contribution >= 4 is 11.7 Å². The fraction of sp³-hybridized carbons (Fsp3) is 0.600. The number of amides is 1. The summed E-state index contributed by atoms with van der Waals surface area (Å²) < 4.78 is 12.9. The third kappa shape index (κ3) is 5.61. The maximum atomic E-state index is 12.9. The molecule has 2 unspecified atom stereocenters. The minimum Gasteiger partial charge on any atom is -0.340 e. The zero-order valence-corrected chi connectivity index (χ0v) is 16.2. The highest BCUT2D eigenvalue weighted by Crippen LogP contribution is 2.17. The van der Waals surface area contributed by atoms with Crippen LogP contribution in [-0.2, 0) is 4.79 Å². The molecule has 0 spiro atoms. The molecule has 2 rings (SSSR count). The average molecular weight is 363 g/mol. The van der Waals surface area contributed by atoms with E-state index >= 15 is 0 Å². The first-order valence-corrected chi connectivity index (χ1v) is 9.25. The second-order valence-corrected chi connectivity index (χ2v) is 7.47. The number of halogens is 1. The number of nitrogens with zero attached hydrogens (tertiary/aromatic N) is 3. The van der Waals surface area contributed by atoms with E-state index in [1.54, 1.807) is 0 Å². The van der Waals surface area contributed by atoms with Crippen molar-refractivity contribution in [1.82, 2.24) is 14.7 Å². The Labute approximate surface area is 155 Å². The Morgan fingerprint density at radius 1 is 1.08 bits per heavy atom. The molecule has 0 aliphatic carbocycles. The quantitative estimate of drug-likeness (QED) is 0.697. The van der Waals surface area contributed by atoms with E-state index in [0.29, 0.717) is 30.7 Å². The van der Waals surface area contributed by atoms with E-state index in [0.717, 1.165) is 13.1 Å². The number of likely N-dealkylation sites (N-methyl/N-ethyl adjacent to an activating group) is 1. The van der Waals surface area contributed by atoms with Gasteiger partial charge in [0.25, 0.3) is 0 Å². The molecule has 0 N–H and O–H groups in total. The molecule has 5 nitrogen and oxygen atoms in total. The smallest absolute Gasteiger partial charge is 0.223 e. The van der Waals surface area contributed by atoms with Crippen molar-refractivity contribution in [2.75, 3.05) is 40.3 Å². The number of hydrogen-bond acceptors (Lipinski definition) is 4. The molecule has 1 aliphatic heterocycles. The van der Waals surface area contributed by atoms with E-state index in [4.69, 9.17) is 0 Å². The van der Waals surface area contributed by atoms with Crippen LogP contribution in [0.25, 0.3) is 0 Å². The Kier molecular flexibility index (Phi) is 7.29. The predicted octanol–water partition coefficient (Wildman–Crippen LogP) is 2.27. The summed E-state index contributed by atoms with van der Waals surface area (Å²) in [5, 5.41) is 0. The van der Waals surface area contributed by atoms with Gasteiger partial charge in [-0.15, -0.1) is 0 Å². The Morgan fingerprint density at radius 2 is 1.65 bits per heavy atom. The van der Waals surface area contributed by atoms with Gasteiger partial charge in [0.15, 0.2) is 5.78 Å². The lowest BCUT2D eigenvalue weighted by molar-refractivity contribution is -0.135. The van der Waals surface area contributed by atoms with Gasteiger partial charge in [-0.3, -0.25) is 14.5 Å². The summed E-state index contributed by atoms with van der Waals surface area (Å²) in [4.78, 5) is 31.2. The number of benzene rings is 1. The summed E-state index contributed by atoms with van der Waals surface area (Å²) >= 11 is 0. The van der Waals surface area contributed by atoms with E-state index in [1.807, 2.05) is 4.90 Å². The SMILES string of the molecule is CC1CN(C(=O)CCC(=O)c2ccc(F)cc2)CC(C)N1CCN(C)C. The number of rotatable bonds is 7. The standard InChI is InChI=1S/C20H30FN3O2/c1-15-13-23(14-16(2)24(15)12-11-22(3)4)20(26)10-9-19(25)17-5-7-18(21)8-6-17/h5-8,15-16H,9-14H2,1-4H3. The molecule has 6 heteroatoms. The molecule has 1 aromatic carbocycles. The van der Waals surface area contributed by atoms with Crippen LogP contribution in [0.2, 0.25) is 0 Å². The fourth-order valence-corrected chi connectivity index (χ4v) is 3.48. The van der Waals surface area contributed by atoms with Crippen LogP contribution >= 0.6 is 0 Å². The van der Waals surface area contributed by atoms with E-state index < -0.39 is 0 Å². The minimum atomic E-state index is -0.368. The molecule has 0 saturated carbocycles. The van der Waals surface area contributed by atoms with E-state index in [-0.39, 0.29) is 30.3 Å². The maximum Gasteiger partial charge on any atom is 0.223 e. The highest BCUT2D eigenvalue weighted by atomic mass is 19.1. The number of carbonyl (C=O) groups excluding carboxylic acids is 2. The number of ketones is 1. The first-order valence-electron chi connectivity index (χ1n) is 9.25. The molecular formula is C20H30FN3O2. The Balaban J connectivity index is 1.84. The molecule has 1 aliphatic rings. The first kappa shape index (κ1) is 20.5. The molecule has 1 fully saturated rings. The van der Waals surface area contributed by atoms with Crippen LogP contribution in [0, 0.1) is 5.82 Å². The van der Waals surface area contributed by atoms with E-state index in [2.05, 4.69) is 37.7 Å². The average Bonchev–Trinajstić information content (AvgIpc) is 2.58. The van der Waals surface area contributed by atoms with Gasteiger partial charge in [0, 0.05) is 56.7 Å². The van der Waals surface area contributed by atoms with Crippen molar-refractivity contribution in [1.29, 1.82) is 0 Å². The maximum absolute atomic E-state index is 12.9. The van der Waals surface area contributed by atoms with E-state index in [9.17, 15) is 14.0 Å². The van der Waals surface area contributed by atoms with Crippen molar-refractivity contribution in [2.45, 2.75) is 38.8 Å². The van der Waals surface area contributed by atoms with Crippen LogP contribution in [0.1, 0.15) is 37.0 Å². The Hall–Kier alpha value is -1.79. The second-order valence-electron chi connectivity index (χ2n) is 7.47. The number of carbonyl (C=O) groups is 2. The van der Waals surface area contributed by atoms with Gasteiger partial charge in [-0.1, -0.05) is 0 Å². The van der Waals surface area contributed by atoms with Crippen LogP contribution in [0.5, 0.6) is 0 Å². The lowest BCUT2D eigenvalue weighted by atomic mass is 10.0. The number of hydrogen-bond donors (Lipinski definition) is 0. The predicted molar refractivity (Wildman–Crippen MR) is 101 cm³/mol. The summed E-state index contributed by atoms with van der Waals surface area (Å²) in [7, 11) is 4.13. The Morgan fingerprint density at radius 3 is 2.19 bits per heavy atom. The highest BCUT2D eigenvalue weighted by molar-refractivity contribution is 5.97. The zero-order chi connectivity index (χ0) is 19.3. The third-order valence-electron chi connectivity index (χ3n) is 4.99. The summed E-state index contributed by atoms with van der Waals surface area (Å²) in [6, 6.07) is 6.08. The van der Waals surface area contributed by atoms with Crippen LogP contribution < -0.4 is 0 Å². The number of Topliss-reactive ketones (excluding diaryl/α,β-unsaturated/α-hetero) is 1. The molecule has 1 aromatic rings. The van der Waals surface area contributed by atoms with Crippen LogP contribution in [0.15, 0.2) is 24.3 Å². The van der Waals surface area contributed by atoms with Gasteiger partial charge in [-0.25, -0.2) is 4.39 Å². The van der Waals surface area contributed by atoms with Gasteiger partial charge in [0.2, 0.25) is 5.91 Å². The molecule has 1 amide bonds. The minimum absolute atomic E-state index is 0.0198. The third-order valence-corrected chi connectivity index (χ3v) is 4.99. The summed E-state index contributed by atoms with van der Waals surface area (Å²) in [5.41, 5.74) is 0.453. The fourth-order valence-electron chi connectivity index (χ4n) is 3.48. The molecular weight excluding hydrogens is 333 g/mol. The molecule has 144 valence electrons. The van der Waals surface area contributed by atoms with Crippen LogP contribution in [0.3, 0.4) is 0 Å². The lowest BCUT2D eigenvalue weighted by Gasteiger charge is -2.44. The van der Waals surface area contributed by atoms with Crippen molar-refractivity contribution in [3.63, 3.8) is 0 Å². The topological polar surface area (TPSA) is 43.9 Å². The largest absolute Gasteiger partial charge is 0.340 e. The Bertz CT molecular complexity index is 606. The molecule has 26 heavy (non-hydrogen) atoms. The summed E-state index contributed by atoms with van der Waals surface area (Å²) in [6.07, 6.45) is 0.363. The van der Waals surface area contributed by atoms with Gasteiger partial charge in [0.1, 0.15) is 5.82 Å². The van der Waals surface area contributed by atoms with E-state index in [1.165, 1.54) is 24.3 Å². The van der Waals surface area contributed by atoms with Gasteiger partial charge in [-0.2, -0.15) is 0 Å². The number of piperazine rings is 1. The van der Waals surface area contributed by atoms with Gasteiger partial charge in [-0.05, 0) is 52.2 Å². The lowest BCUT2D eigenvalue weighted by Crippen LogP contribution is -2.59. The van der Waals surface area contributed by atoms with Gasteiger partial charge >= 0.3 is 0 Å². The van der Waals surface area contributed by atoms with Crippen LogP contribution in [-0.4, -0.2) is 78.7 Å². The van der Waals surface area contributed by atoms with Crippen molar-refractivity contribution in [3.05, 3.63) is 35.6 Å². The first-order chi connectivity index (χ1) is 12.3. The molecule has 0 radical (unpaired) electrons. The van der Waals surface area contributed by atoms with Crippen molar-refractivity contribution < 1.29 is 14.0 Å². The molecule has 2 atom stereocenters. The summed E-state index contributed by atoms with van der Waals surface area (Å²) in [5.74, 6) is -0.469. The second kappa shape index (κ2) is 9.24. The van der Waals surface area contributed by atoms with Gasteiger partial charge < -0.3 is 9.80 Å². The normalized spacial score (nSPS) is 21.2. The molecule has 0 bridgehead atoms. The van der Waals surface area contributed by atoms with Crippen molar-refractivity contribution in [3.8, 4) is 0 Å². The summed E-state index contributed by atoms with van der Waals surface area (Å²) in [6.45, 7) is 7.67. The highest BCUT2D eigenvalue weighted by Gasteiger charge is 2.31. The van der Waals surface area contributed by atoms with Crippen molar-refractivity contribution in [2.24, 2.45) is 0 Å². The molecule has 0 aromatic heterocycles. The van der Waals surface area contributed by atoms with Gasteiger partial charge in [0.05, 0.1) is 0 Å². The zero-order valence-electron chi connectivity index (χ0n) is 16.2. The molecule has 1 saturated heterocycles. The molecule has 1 heterocycles. The monoisotopic (exact) mass is 363 g/mol.